The largest absolute Gasteiger partial charge is 0.493 e. The smallest absolute Gasteiger partial charge is 0.237 e. The third-order valence-electron chi connectivity index (χ3n) is 3.71. The zero-order valence-corrected chi connectivity index (χ0v) is 10.3. The second kappa shape index (κ2) is 4.53. The number of hydrogen-bond donors (Lipinski definition) is 1. The molecule has 2 atom stereocenters. The van der Waals surface area contributed by atoms with E-state index in [4.69, 9.17) is 4.74 Å². The van der Waals surface area contributed by atoms with Crippen molar-refractivity contribution < 1.29 is 14.5 Å². The molecule has 1 N–H and O–H groups in total. The summed E-state index contributed by atoms with van der Waals surface area (Å²) < 4.78 is 5.41. The lowest BCUT2D eigenvalue weighted by Gasteiger charge is -2.27. The zero-order valence-electron chi connectivity index (χ0n) is 10.3. The van der Waals surface area contributed by atoms with E-state index in [0.29, 0.717) is 6.61 Å². The maximum Gasteiger partial charge on any atom is 0.237 e. The van der Waals surface area contributed by atoms with Crippen LogP contribution in [-0.2, 0) is 11.2 Å². The van der Waals surface area contributed by atoms with Crippen LogP contribution in [0.3, 0.4) is 0 Å². The minimum absolute atomic E-state index is 0.125. The molecule has 1 aromatic carbocycles. The standard InChI is InChI=1S/C13H14N2O4/c16-12-4-2-10(15(17)18)13(14-12)9-1-3-11-8(7-9)5-6-19-11/h1,3,7,10,13H,2,4-6H2,(H,14,16)/t10-,13-/m1/s1. The van der Waals surface area contributed by atoms with E-state index >= 15 is 0 Å². The lowest BCUT2D eigenvalue weighted by molar-refractivity contribution is -0.529. The van der Waals surface area contributed by atoms with Gasteiger partial charge in [0, 0.05) is 24.2 Å². The summed E-state index contributed by atoms with van der Waals surface area (Å²) in [5.41, 5.74) is 1.85. The number of rotatable bonds is 2. The highest BCUT2D eigenvalue weighted by Crippen LogP contribution is 2.32. The predicted octanol–water partition coefficient (Wildman–Crippen LogP) is 1.22. The summed E-state index contributed by atoms with van der Waals surface area (Å²) in [5, 5.41) is 13.8. The summed E-state index contributed by atoms with van der Waals surface area (Å²) in [6.45, 7) is 0.647. The first-order chi connectivity index (χ1) is 9.15. The summed E-state index contributed by atoms with van der Waals surface area (Å²) in [6.07, 6.45) is 1.32. The Morgan fingerprint density at radius 2 is 2.21 bits per heavy atom. The lowest BCUT2D eigenvalue weighted by atomic mass is 9.91. The minimum atomic E-state index is -0.752. The molecule has 6 heteroatoms. The number of nitrogens with one attached hydrogen (secondary N) is 1. The van der Waals surface area contributed by atoms with Gasteiger partial charge in [-0.2, -0.15) is 0 Å². The van der Waals surface area contributed by atoms with Crippen molar-refractivity contribution >= 4 is 5.91 Å². The van der Waals surface area contributed by atoms with Crippen molar-refractivity contribution in [3.8, 4) is 5.75 Å². The molecule has 0 spiro atoms. The Kier molecular flexibility index (Phi) is 2.85. The Morgan fingerprint density at radius 1 is 1.37 bits per heavy atom. The van der Waals surface area contributed by atoms with Crippen molar-refractivity contribution in [3.63, 3.8) is 0 Å². The van der Waals surface area contributed by atoms with E-state index in [9.17, 15) is 14.9 Å². The summed E-state index contributed by atoms with van der Waals surface area (Å²) in [5.74, 6) is 0.711. The normalized spacial score (nSPS) is 25.4. The molecule has 1 fully saturated rings. The van der Waals surface area contributed by atoms with E-state index in [-0.39, 0.29) is 23.7 Å². The SMILES string of the molecule is O=C1CC[C@@H]([N+](=O)[O-])[C@@H](c2ccc3c(c2)CCO3)N1. The highest BCUT2D eigenvalue weighted by atomic mass is 16.6. The van der Waals surface area contributed by atoms with Gasteiger partial charge in [-0.25, -0.2) is 0 Å². The third-order valence-corrected chi connectivity index (χ3v) is 3.71. The van der Waals surface area contributed by atoms with Crippen LogP contribution in [0.1, 0.15) is 30.0 Å². The van der Waals surface area contributed by atoms with Crippen LogP contribution < -0.4 is 10.1 Å². The minimum Gasteiger partial charge on any atom is -0.493 e. The number of nitro groups is 1. The fourth-order valence-corrected chi connectivity index (χ4v) is 2.72. The fourth-order valence-electron chi connectivity index (χ4n) is 2.72. The van der Waals surface area contributed by atoms with Crippen LogP contribution in [0, 0.1) is 10.1 Å². The molecular formula is C13H14N2O4. The van der Waals surface area contributed by atoms with Gasteiger partial charge < -0.3 is 10.1 Å². The third kappa shape index (κ3) is 2.14. The van der Waals surface area contributed by atoms with Crippen LogP contribution in [0.15, 0.2) is 18.2 Å². The summed E-state index contributed by atoms with van der Waals surface area (Å²) in [6, 6.07) is 4.25. The van der Waals surface area contributed by atoms with Crippen LogP contribution in [0.4, 0.5) is 0 Å². The molecule has 0 bridgehead atoms. The number of carbonyl (C=O) groups excluding carboxylic acids is 1. The number of nitrogens with zero attached hydrogens (tertiary/aromatic N) is 1. The average Bonchev–Trinajstić information content (AvgIpc) is 2.85. The van der Waals surface area contributed by atoms with Gasteiger partial charge >= 0.3 is 0 Å². The van der Waals surface area contributed by atoms with Crippen LogP contribution in [0.25, 0.3) is 0 Å². The van der Waals surface area contributed by atoms with E-state index in [1.54, 1.807) is 6.07 Å². The van der Waals surface area contributed by atoms with Crippen molar-refractivity contribution in [3.05, 3.63) is 39.4 Å². The second-order valence-corrected chi connectivity index (χ2v) is 4.90. The first-order valence-electron chi connectivity index (χ1n) is 6.33. The molecule has 1 saturated heterocycles. The van der Waals surface area contributed by atoms with E-state index in [1.807, 2.05) is 12.1 Å². The summed E-state index contributed by atoms with van der Waals surface area (Å²) in [4.78, 5) is 22.3. The number of hydrogen-bond acceptors (Lipinski definition) is 4. The number of piperidine rings is 1. The molecule has 0 saturated carbocycles. The van der Waals surface area contributed by atoms with Crippen molar-refractivity contribution in [2.45, 2.75) is 31.3 Å². The van der Waals surface area contributed by atoms with Gasteiger partial charge in [-0.1, -0.05) is 6.07 Å². The molecule has 0 unspecified atom stereocenters. The molecule has 19 heavy (non-hydrogen) atoms. The lowest BCUT2D eigenvalue weighted by Crippen LogP contribution is -2.45. The maximum absolute atomic E-state index is 11.5. The Bertz CT molecular complexity index is 543. The van der Waals surface area contributed by atoms with Gasteiger partial charge in [0.2, 0.25) is 11.9 Å². The highest BCUT2D eigenvalue weighted by molar-refractivity contribution is 5.77. The molecule has 0 aromatic heterocycles. The molecular weight excluding hydrogens is 248 g/mol. The van der Waals surface area contributed by atoms with Gasteiger partial charge in [0.05, 0.1) is 6.61 Å². The summed E-state index contributed by atoms with van der Waals surface area (Å²) >= 11 is 0. The number of benzene rings is 1. The molecule has 2 aliphatic heterocycles. The Morgan fingerprint density at radius 3 is 3.00 bits per heavy atom. The van der Waals surface area contributed by atoms with Crippen molar-refractivity contribution in [2.75, 3.05) is 6.61 Å². The number of carbonyl (C=O) groups is 1. The van der Waals surface area contributed by atoms with Gasteiger partial charge in [0.15, 0.2) is 0 Å². The monoisotopic (exact) mass is 262 g/mol. The number of fused-ring (bicyclic) bond motifs is 1. The van der Waals surface area contributed by atoms with Gasteiger partial charge in [-0.3, -0.25) is 14.9 Å². The number of ether oxygens (including phenoxy) is 1. The molecule has 1 aromatic rings. The predicted molar refractivity (Wildman–Crippen MR) is 66.5 cm³/mol. The molecule has 0 radical (unpaired) electrons. The van der Waals surface area contributed by atoms with E-state index in [1.165, 1.54) is 0 Å². The molecule has 100 valence electrons. The first kappa shape index (κ1) is 12.0. The van der Waals surface area contributed by atoms with Gasteiger partial charge in [-0.05, 0) is 23.3 Å². The molecule has 0 aliphatic carbocycles. The zero-order chi connectivity index (χ0) is 13.4. The Balaban J connectivity index is 1.93. The van der Waals surface area contributed by atoms with Crippen LogP contribution in [0.2, 0.25) is 0 Å². The van der Waals surface area contributed by atoms with Crippen molar-refractivity contribution in [1.29, 1.82) is 0 Å². The van der Waals surface area contributed by atoms with Crippen LogP contribution >= 0.6 is 0 Å². The van der Waals surface area contributed by atoms with Crippen molar-refractivity contribution in [2.24, 2.45) is 0 Å². The molecule has 6 nitrogen and oxygen atoms in total. The average molecular weight is 262 g/mol. The summed E-state index contributed by atoms with van der Waals surface area (Å²) in [7, 11) is 0. The van der Waals surface area contributed by atoms with Gasteiger partial charge in [0.1, 0.15) is 11.8 Å². The van der Waals surface area contributed by atoms with E-state index < -0.39 is 12.1 Å². The second-order valence-electron chi connectivity index (χ2n) is 4.90. The maximum atomic E-state index is 11.5. The fraction of sp³-hybridized carbons (Fsp3) is 0.462. The van der Waals surface area contributed by atoms with Crippen molar-refractivity contribution in [1.82, 2.24) is 5.32 Å². The topological polar surface area (TPSA) is 81.5 Å². The van der Waals surface area contributed by atoms with Crippen LogP contribution in [0.5, 0.6) is 5.75 Å². The van der Waals surface area contributed by atoms with Crippen LogP contribution in [-0.4, -0.2) is 23.5 Å². The molecule has 1 amide bonds. The Labute approximate surface area is 109 Å². The molecule has 3 rings (SSSR count). The molecule has 2 aliphatic rings. The highest BCUT2D eigenvalue weighted by Gasteiger charge is 2.38. The number of amides is 1. The van der Waals surface area contributed by atoms with E-state index in [0.717, 1.165) is 23.3 Å². The molecule has 2 heterocycles. The quantitative estimate of drug-likeness (QED) is 0.641. The van der Waals surface area contributed by atoms with Gasteiger partial charge in [-0.15, -0.1) is 0 Å². The van der Waals surface area contributed by atoms with E-state index in [2.05, 4.69) is 5.32 Å². The van der Waals surface area contributed by atoms with Gasteiger partial charge in [0.25, 0.3) is 0 Å². The Hall–Kier alpha value is -2.11. The first-order valence-corrected chi connectivity index (χ1v) is 6.33.